The highest BCUT2D eigenvalue weighted by molar-refractivity contribution is 5.22. The average Bonchev–Trinajstić information content (AvgIpc) is 2.17. The van der Waals surface area contributed by atoms with Crippen LogP contribution in [0, 0.1) is 0 Å². The van der Waals surface area contributed by atoms with Crippen molar-refractivity contribution in [2.75, 3.05) is 27.7 Å². The quantitative estimate of drug-likeness (QED) is 0.761. The van der Waals surface area contributed by atoms with Crippen molar-refractivity contribution in [2.24, 2.45) is 0 Å². The van der Waals surface area contributed by atoms with Crippen molar-refractivity contribution in [3.63, 3.8) is 0 Å². The fraction of sp³-hybridized carbons (Fsp3) is 0.500. The second-order valence-electron chi connectivity index (χ2n) is 3.90. The highest BCUT2D eigenvalue weighted by atomic mass is 15.0. The molecule has 0 bridgehead atoms. The summed E-state index contributed by atoms with van der Waals surface area (Å²) in [5, 5.41) is 3.15. The maximum Gasteiger partial charge on any atom is 0.0202 e. The van der Waals surface area contributed by atoms with Gasteiger partial charge in [-0.05, 0) is 38.7 Å². The van der Waals surface area contributed by atoms with E-state index in [2.05, 4.69) is 48.6 Å². The lowest BCUT2D eigenvalue weighted by Gasteiger charge is -2.09. The molecule has 0 fully saturated rings. The first-order valence-electron chi connectivity index (χ1n) is 5.09. The molecule has 0 radical (unpaired) electrons. The minimum absolute atomic E-state index is 0.952. The van der Waals surface area contributed by atoms with Crippen LogP contribution in [0.1, 0.15) is 11.1 Å². The third kappa shape index (κ3) is 3.90. The molecule has 14 heavy (non-hydrogen) atoms. The van der Waals surface area contributed by atoms with Gasteiger partial charge in [0.15, 0.2) is 0 Å². The fourth-order valence-electron chi connectivity index (χ4n) is 1.38. The van der Waals surface area contributed by atoms with Crippen molar-refractivity contribution >= 4 is 0 Å². The normalized spacial score (nSPS) is 10.9. The van der Waals surface area contributed by atoms with Gasteiger partial charge < -0.3 is 10.2 Å². The first-order chi connectivity index (χ1) is 6.72. The van der Waals surface area contributed by atoms with E-state index in [0.717, 1.165) is 19.5 Å². The Morgan fingerprint density at radius 1 is 1.07 bits per heavy atom. The van der Waals surface area contributed by atoms with Crippen LogP contribution in [-0.4, -0.2) is 32.6 Å². The molecule has 1 N–H and O–H groups in total. The lowest BCUT2D eigenvalue weighted by Crippen LogP contribution is -2.15. The molecule has 0 aliphatic heterocycles. The summed E-state index contributed by atoms with van der Waals surface area (Å²) in [5.41, 5.74) is 2.76. The van der Waals surface area contributed by atoms with E-state index in [4.69, 9.17) is 0 Å². The number of nitrogens with zero attached hydrogens (tertiary/aromatic N) is 1. The predicted octanol–water partition coefficient (Wildman–Crippen LogP) is 1.51. The van der Waals surface area contributed by atoms with Gasteiger partial charge in [-0.1, -0.05) is 24.3 Å². The topological polar surface area (TPSA) is 15.3 Å². The van der Waals surface area contributed by atoms with Gasteiger partial charge in [-0.25, -0.2) is 0 Å². The molecule has 1 aromatic rings. The molecule has 0 aliphatic carbocycles. The van der Waals surface area contributed by atoms with Crippen molar-refractivity contribution < 1.29 is 0 Å². The van der Waals surface area contributed by atoms with Gasteiger partial charge in [0.05, 0.1) is 0 Å². The van der Waals surface area contributed by atoms with Crippen molar-refractivity contribution in [1.82, 2.24) is 10.2 Å². The molecule has 0 atom stereocenters. The van der Waals surface area contributed by atoms with Gasteiger partial charge in [-0.15, -0.1) is 0 Å². The van der Waals surface area contributed by atoms with Crippen molar-refractivity contribution in [3.05, 3.63) is 35.4 Å². The number of hydrogen-bond donors (Lipinski definition) is 1. The molecule has 0 saturated carbocycles. The zero-order valence-corrected chi connectivity index (χ0v) is 9.38. The Labute approximate surface area is 86.9 Å². The van der Waals surface area contributed by atoms with Crippen LogP contribution in [-0.2, 0) is 13.0 Å². The molecule has 1 aromatic carbocycles. The summed E-state index contributed by atoms with van der Waals surface area (Å²) in [6.07, 6.45) is 1.13. The van der Waals surface area contributed by atoms with E-state index < -0.39 is 0 Å². The minimum Gasteiger partial charge on any atom is -0.316 e. The number of rotatable bonds is 5. The van der Waals surface area contributed by atoms with E-state index in [0.29, 0.717) is 0 Å². The summed E-state index contributed by atoms with van der Waals surface area (Å²) < 4.78 is 0. The Hall–Kier alpha value is -0.860. The minimum atomic E-state index is 0.952. The molecule has 2 heteroatoms. The Bertz CT molecular complexity index is 252. The molecule has 2 nitrogen and oxygen atoms in total. The second kappa shape index (κ2) is 5.78. The number of nitrogens with one attached hydrogen (secondary N) is 1. The Kier molecular flexibility index (Phi) is 4.63. The van der Waals surface area contributed by atoms with Crippen LogP contribution in [0.5, 0.6) is 0 Å². The van der Waals surface area contributed by atoms with E-state index in [1.807, 2.05) is 7.05 Å². The van der Waals surface area contributed by atoms with Crippen LogP contribution in [0.15, 0.2) is 24.3 Å². The summed E-state index contributed by atoms with van der Waals surface area (Å²) in [4.78, 5) is 2.21. The summed E-state index contributed by atoms with van der Waals surface area (Å²) in [7, 11) is 6.19. The third-order valence-electron chi connectivity index (χ3n) is 2.25. The van der Waals surface area contributed by atoms with E-state index in [1.165, 1.54) is 11.1 Å². The van der Waals surface area contributed by atoms with Crippen LogP contribution >= 0.6 is 0 Å². The maximum atomic E-state index is 3.15. The van der Waals surface area contributed by atoms with Gasteiger partial charge in [0.1, 0.15) is 0 Å². The van der Waals surface area contributed by atoms with Gasteiger partial charge in [-0.2, -0.15) is 0 Å². The first-order valence-corrected chi connectivity index (χ1v) is 5.09. The molecule has 0 unspecified atom stereocenters. The summed E-state index contributed by atoms with van der Waals surface area (Å²) in [5.74, 6) is 0. The molecule has 0 heterocycles. The summed E-state index contributed by atoms with van der Waals surface area (Å²) in [6.45, 7) is 2.07. The van der Waals surface area contributed by atoms with Crippen molar-refractivity contribution in [3.8, 4) is 0 Å². The molecule has 1 rings (SSSR count). The SMILES string of the molecule is CNCc1ccc(CCN(C)C)cc1. The number of hydrogen-bond acceptors (Lipinski definition) is 2. The zero-order valence-electron chi connectivity index (χ0n) is 9.38. The van der Waals surface area contributed by atoms with Gasteiger partial charge in [0.2, 0.25) is 0 Å². The van der Waals surface area contributed by atoms with Crippen LogP contribution in [0.2, 0.25) is 0 Å². The largest absolute Gasteiger partial charge is 0.316 e. The molecule has 0 saturated heterocycles. The summed E-state index contributed by atoms with van der Waals surface area (Å²) in [6, 6.07) is 8.83. The van der Waals surface area contributed by atoms with Gasteiger partial charge in [0, 0.05) is 13.1 Å². The highest BCUT2D eigenvalue weighted by Gasteiger charge is 1.95. The number of likely N-dealkylation sites (N-methyl/N-ethyl adjacent to an activating group) is 1. The molecule has 0 spiro atoms. The third-order valence-corrected chi connectivity index (χ3v) is 2.25. The molecular weight excluding hydrogens is 172 g/mol. The molecule has 78 valence electrons. The van der Waals surface area contributed by atoms with E-state index in [-0.39, 0.29) is 0 Å². The lowest BCUT2D eigenvalue weighted by molar-refractivity contribution is 0.413. The van der Waals surface area contributed by atoms with Crippen LogP contribution in [0.3, 0.4) is 0 Å². The van der Waals surface area contributed by atoms with Crippen LogP contribution in [0.4, 0.5) is 0 Å². The van der Waals surface area contributed by atoms with Crippen molar-refractivity contribution in [1.29, 1.82) is 0 Å². The Morgan fingerprint density at radius 3 is 2.14 bits per heavy atom. The smallest absolute Gasteiger partial charge is 0.0202 e. The second-order valence-corrected chi connectivity index (χ2v) is 3.90. The monoisotopic (exact) mass is 192 g/mol. The van der Waals surface area contributed by atoms with Crippen LogP contribution < -0.4 is 5.32 Å². The fourth-order valence-corrected chi connectivity index (χ4v) is 1.38. The van der Waals surface area contributed by atoms with Crippen molar-refractivity contribution in [2.45, 2.75) is 13.0 Å². The first kappa shape index (κ1) is 11.2. The molecule has 0 amide bonds. The lowest BCUT2D eigenvalue weighted by atomic mass is 10.1. The van der Waals surface area contributed by atoms with Gasteiger partial charge in [-0.3, -0.25) is 0 Å². The molecular formula is C12H20N2. The van der Waals surface area contributed by atoms with Gasteiger partial charge >= 0.3 is 0 Å². The Balaban J connectivity index is 2.46. The Morgan fingerprint density at radius 2 is 1.64 bits per heavy atom. The molecule has 0 aromatic heterocycles. The van der Waals surface area contributed by atoms with E-state index >= 15 is 0 Å². The summed E-state index contributed by atoms with van der Waals surface area (Å²) >= 11 is 0. The molecule has 0 aliphatic rings. The maximum absolute atomic E-state index is 3.15. The van der Waals surface area contributed by atoms with Gasteiger partial charge in [0.25, 0.3) is 0 Å². The van der Waals surface area contributed by atoms with E-state index in [1.54, 1.807) is 0 Å². The predicted molar refractivity (Wildman–Crippen MR) is 61.5 cm³/mol. The van der Waals surface area contributed by atoms with Crippen LogP contribution in [0.25, 0.3) is 0 Å². The zero-order chi connectivity index (χ0) is 10.4. The standard InChI is InChI=1S/C12H20N2/c1-13-10-12-6-4-11(5-7-12)8-9-14(2)3/h4-7,13H,8-10H2,1-3H3. The average molecular weight is 192 g/mol. The van der Waals surface area contributed by atoms with E-state index in [9.17, 15) is 0 Å². The number of benzene rings is 1. The highest BCUT2D eigenvalue weighted by Crippen LogP contribution is 2.05.